The van der Waals surface area contributed by atoms with E-state index in [1.807, 2.05) is 0 Å². The van der Waals surface area contributed by atoms with E-state index in [0.29, 0.717) is 29.4 Å². The molecular formula is C17H14ClFN2O2. The molecule has 1 saturated heterocycles. The van der Waals surface area contributed by atoms with Crippen LogP contribution in [-0.2, 0) is 4.79 Å². The third kappa shape index (κ3) is 3.19. The number of nitrogens with one attached hydrogen (secondary N) is 1. The Balaban J connectivity index is 1.79. The molecule has 2 amide bonds. The van der Waals surface area contributed by atoms with Crippen LogP contribution >= 0.6 is 11.6 Å². The van der Waals surface area contributed by atoms with Gasteiger partial charge in [0.1, 0.15) is 5.82 Å². The van der Waals surface area contributed by atoms with E-state index in [1.165, 1.54) is 18.2 Å². The SMILES string of the molecule is O=C(Nc1ccc(N2CCCC2=O)c(Cl)c1)c1ccccc1F. The molecule has 1 aliphatic heterocycles. The Bertz CT molecular complexity index is 779. The minimum absolute atomic E-state index is 0.0371. The van der Waals surface area contributed by atoms with E-state index in [9.17, 15) is 14.0 Å². The van der Waals surface area contributed by atoms with Gasteiger partial charge < -0.3 is 10.2 Å². The number of carbonyl (C=O) groups is 2. The average molecular weight is 333 g/mol. The molecule has 0 saturated carbocycles. The molecule has 2 aromatic rings. The van der Waals surface area contributed by atoms with E-state index in [0.717, 1.165) is 6.42 Å². The van der Waals surface area contributed by atoms with E-state index in [1.54, 1.807) is 29.2 Å². The molecule has 4 nitrogen and oxygen atoms in total. The molecule has 1 heterocycles. The average Bonchev–Trinajstić information content (AvgIpc) is 2.94. The highest BCUT2D eigenvalue weighted by atomic mass is 35.5. The van der Waals surface area contributed by atoms with Gasteiger partial charge in [0.2, 0.25) is 5.91 Å². The number of benzene rings is 2. The Morgan fingerprint density at radius 1 is 1.22 bits per heavy atom. The second-order valence-corrected chi connectivity index (χ2v) is 5.66. The third-order valence-electron chi connectivity index (χ3n) is 3.69. The van der Waals surface area contributed by atoms with Crippen LogP contribution in [0.5, 0.6) is 0 Å². The zero-order chi connectivity index (χ0) is 16.4. The Morgan fingerprint density at radius 3 is 2.65 bits per heavy atom. The van der Waals surface area contributed by atoms with Crippen molar-refractivity contribution in [1.82, 2.24) is 0 Å². The lowest BCUT2D eigenvalue weighted by molar-refractivity contribution is -0.117. The monoisotopic (exact) mass is 332 g/mol. The van der Waals surface area contributed by atoms with Gasteiger partial charge in [-0.25, -0.2) is 4.39 Å². The van der Waals surface area contributed by atoms with Crippen molar-refractivity contribution < 1.29 is 14.0 Å². The van der Waals surface area contributed by atoms with Crippen LogP contribution in [0.3, 0.4) is 0 Å². The van der Waals surface area contributed by atoms with Crippen LogP contribution < -0.4 is 10.2 Å². The van der Waals surface area contributed by atoms with Crippen molar-refractivity contribution in [3.8, 4) is 0 Å². The van der Waals surface area contributed by atoms with Crippen LogP contribution in [0.15, 0.2) is 42.5 Å². The maximum atomic E-state index is 13.6. The normalized spacial score (nSPS) is 14.2. The maximum Gasteiger partial charge on any atom is 0.258 e. The summed E-state index contributed by atoms with van der Waals surface area (Å²) < 4.78 is 13.6. The fourth-order valence-corrected chi connectivity index (χ4v) is 2.83. The van der Waals surface area contributed by atoms with Crippen LogP contribution in [0, 0.1) is 5.82 Å². The van der Waals surface area contributed by atoms with Crippen LogP contribution in [0.2, 0.25) is 5.02 Å². The first-order chi connectivity index (χ1) is 11.1. The molecule has 0 bridgehead atoms. The van der Waals surface area contributed by atoms with Gasteiger partial charge in [-0.3, -0.25) is 9.59 Å². The van der Waals surface area contributed by atoms with Gasteiger partial charge in [-0.2, -0.15) is 0 Å². The van der Waals surface area contributed by atoms with Crippen LogP contribution in [0.25, 0.3) is 0 Å². The lowest BCUT2D eigenvalue weighted by atomic mass is 10.2. The number of nitrogens with zero attached hydrogens (tertiary/aromatic N) is 1. The maximum absolute atomic E-state index is 13.6. The number of anilines is 2. The topological polar surface area (TPSA) is 49.4 Å². The van der Waals surface area contributed by atoms with Crippen LogP contribution in [0.1, 0.15) is 23.2 Å². The Morgan fingerprint density at radius 2 is 2.00 bits per heavy atom. The summed E-state index contributed by atoms with van der Waals surface area (Å²) in [7, 11) is 0. The van der Waals surface area contributed by atoms with Gasteiger partial charge in [0.05, 0.1) is 16.3 Å². The molecule has 0 unspecified atom stereocenters. The number of hydrogen-bond acceptors (Lipinski definition) is 2. The molecule has 3 rings (SSSR count). The van der Waals surface area contributed by atoms with Gasteiger partial charge in [-0.15, -0.1) is 0 Å². The van der Waals surface area contributed by atoms with Gasteiger partial charge in [0, 0.05) is 18.7 Å². The summed E-state index contributed by atoms with van der Waals surface area (Å²) in [5, 5.41) is 2.97. The fourth-order valence-electron chi connectivity index (χ4n) is 2.55. The first-order valence-electron chi connectivity index (χ1n) is 7.22. The highest BCUT2D eigenvalue weighted by molar-refractivity contribution is 6.34. The van der Waals surface area contributed by atoms with Crippen molar-refractivity contribution in [3.63, 3.8) is 0 Å². The minimum atomic E-state index is -0.588. The quantitative estimate of drug-likeness (QED) is 0.928. The first kappa shape index (κ1) is 15.5. The zero-order valence-corrected chi connectivity index (χ0v) is 12.9. The molecule has 0 spiro atoms. The van der Waals surface area contributed by atoms with Crippen molar-refractivity contribution in [3.05, 3.63) is 58.9 Å². The minimum Gasteiger partial charge on any atom is -0.322 e. The summed E-state index contributed by atoms with van der Waals surface area (Å²) in [6.45, 7) is 0.638. The van der Waals surface area contributed by atoms with Gasteiger partial charge in [0.25, 0.3) is 5.91 Å². The highest BCUT2D eigenvalue weighted by Crippen LogP contribution is 2.31. The first-order valence-corrected chi connectivity index (χ1v) is 7.60. The predicted octanol–water partition coefficient (Wildman–Crippen LogP) is 3.86. The second kappa shape index (κ2) is 6.38. The summed E-state index contributed by atoms with van der Waals surface area (Å²) in [5.74, 6) is -1.10. The van der Waals surface area contributed by atoms with E-state index >= 15 is 0 Å². The Hall–Kier alpha value is -2.40. The molecule has 23 heavy (non-hydrogen) atoms. The molecule has 1 N–H and O–H groups in total. The Labute approximate surface area is 137 Å². The molecule has 6 heteroatoms. The lowest BCUT2D eigenvalue weighted by Crippen LogP contribution is -2.24. The van der Waals surface area contributed by atoms with Gasteiger partial charge in [0.15, 0.2) is 0 Å². The lowest BCUT2D eigenvalue weighted by Gasteiger charge is -2.18. The molecule has 2 aromatic carbocycles. The molecule has 0 radical (unpaired) electrons. The Kier molecular flexibility index (Phi) is 4.30. The van der Waals surface area contributed by atoms with Crippen LogP contribution in [-0.4, -0.2) is 18.4 Å². The molecular weight excluding hydrogens is 319 g/mol. The standard InChI is InChI=1S/C17H14ClFN2O2/c18-13-10-11(7-8-15(13)21-9-3-6-16(21)22)20-17(23)12-4-1-2-5-14(12)19/h1-2,4-5,7-8,10H,3,6,9H2,(H,20,23). The van der Waals surface area contributed by atoms with E-state index in [-0.39, 0.29) is 11.5 Å². The summed E-state index contributed by atoms with van der Waals surface area (Å²) in [5.41, 5.74) is 1.03. The van der Waals surface area contributed by atoms with Crippen molar-refractivity contribution in [2.24, 2.45) is 0 Å². The van der Waals surface area contributed by atoms with Crippen LogP contribution in [0.4, 0.5) is 15.8 Å². The van der Waals surface area contributed by atoms with Crippen molar-refractivity contribution in [2.75, 3.05) is 16.8 Å². The summed E-state index contributed by atoms with van der Waals surface area (Å²) >= 11 is 6.22. The largest absolute Gasteiger partial charge is 0.322 e. The van der Waals surface area contributed by atoms with Gasteiger partial charge in [-0.05, 0) is 36.8 Å². The van der Waals surface area contributed by atoms with Gasteiger partial charge >= 0.3 is 0 Å². The number of amides is 2. The molecule has 1 fully saturated rings. The molecule has 0 aromatic heterocycles. The van der Waals surface area contributed by atoms with Crippen molar-refractivity contribution >= 4 is 34.8 Å². The van der Waals surface area contributed by atoms with E-state index in [4.69, 9.17) is 11.6 Å². The third-order valence-corrected chi connectivity index (χ3v) is 3.99. The highest BCUT2D eigenvalue weighted by Gasteiger charge is 2.23. The molecule has 0 atom stereocenters. The number of halogens is 2. The smallest absolute Gasteiger partial charge is 0.258 e. The summed E-state index contributed by atoms with van der Waals surface area (Å²) in [4.78, 5) is 25.5. The molecule has 1 aliphatic rings. The molecule has 118 valence electrons. The van der Waals surface area contributed by atoms with E-state index < -0.39 is 11.7 Å². The number of rotatable bonds is 3. The molecule has 0 aliphatic carbocycles. The second-order valence-electron chi connectivity index (χ2n) is 5.25. The van der Waals surface area contributed by atoms with E-state index in [2.05, 4.69) is 5.32 Å². The number of carbonyl (C=O) groups excluding carboxylic acids is 2. The predicted molar refractivity (Wildman–Crippen MR) is 87.4 cm³/mol. The van der Waals surface area contributed by atoms with Gasteiger partial charge in [-0.1, -0.05) is 23.7 Å². The van der Waals surface area contributed by atoms with Crippen molar-refractivity contribution in [1.29, 1.82) is 0 Å². The number of hydrogen-bond donors (Lipinski definition) is 1. The summed E-state index contributed by atoms with van der Waals surface area (Å²) in [6, 6.07) is 10.6. The summed E-state index contributed by atoms with van der Waals surface area (Å²) in [6.07, 6.45) is 1.32. The van der Waals surface area contributed by atoms with Crippen molar-refractivity contribution in [2.45, 2.75) is 12.8 Å². The zero-order valence-electron chi connectivity index (χ0n) is 12.2. The fraction of sp³-hybridized carbons (Fsp3) is 0.176.